The molecule has 0 spiro atoms. The zero-order valence-corrected chi connectivity index (χ0v) is 12.2. The summed E-state index contributed by atoms with van der Waals surface area (Å²) in [5.41, 5.74) is 2.54. The Labute approximate surface area is 116 Å². The highest BCUT2D eigenvalue weighted by atomic mass is 79.9. The SMILES string of the molecule is CN1CCN(Cc2cc3cc(Br)ccc3[nH]2)CC1. The number of hydrogen-bond donors (Lipinski definition) is 1. The summed E-state index contributed by atoms with van der Waals surface area (Å²) in [5.74, 6) is 0. The molecule has 2 heterocycles. The Morgan fingerprint density at radius 1 is 1.17 bits per heavy atom. The van der Waals surface area contributed by atoms with E-state index in [0.29, 0.717) is 0 Å². The molecule has 18 heavy (non-hydrogen) atoms. The third-order valence-electron chi connectivity index (χ3n) is 3.63. The van der Waals surface area contributed by atoms with Crippen LogP contribution >= 0.6 is 15.9 Å². The van der Waals surface area contributed by atoms with Crippen LogP contribution in [0.3, 0.4) is 0 Å². The first kappa shape index (κ1) is 12.2. The predicted octanol–water partition coefficient (Wildman–Crippen LogP) is 2.68. The molecule has 0 unspecified atom stereocenters. The van der Waals surface area contributed by atoms with Gasteiger partial charge in [-0.3, -0.25) is 4.90 Å². The molecule has 1 aliphatic heterocycles. The molecule has 0 bridgehead atoms. The molecule has 3 rings (SSSR count). The van der Waals surface area contributed by atoms with E-state index in [1.54, 1.807) is 0 Å². The standard InChI is InChI=1S/C14H18BrN3/c1-17-4-6-18(7-5-17)10-13-9-11-8-12(15)2-3-14(11)16-13/h2-3,8-9,16H,4-7,10H2,1H3. The molecule has 1 aliphatic rings. The molecule has 0 amide bonds. The second kappa shape index (κ2) is 5.03. The molecule has 0 radical (unpaired) electrons. The van der Waals surface area contributed by atoms with Crippen molar-refractivity contribution in [1.82, 2.24) is 14.8 Å². The summed E-state index contributed by atoms with van der Waals surface area (Å²) in [6.45, 7) is 5.70. The number of rotatable bonds is 2. The van der Waals surface area contributed by atoms with Gasteiger partial charge in [-0.25, -0.2) is 0 Å². The van der Waals surface area contributed by atoms with E-state index in [0.717, 1.165) is 24.1 Å². The fourth-order valence-corrected chi connectivity index (χ4v) is 2.87. The van der Waals surface area contributed by atoms with Crippen molar-refractivity contribution in [2.45, 2.75) is 6.54 Å². The van der Waals surface area contributed by atoms with E-state index in [9.17, 15) is 0 Å². The van der Waals surface area contributed by atoms with Gasteiger partial charge in [-0.1, -0.05) is 15.9 Å². The molecule has 0 aliphatic carbocycles. The summed E-state index contributed by atoms with van der Waals surface area (Å²) in [7, 11) is 2.19. The average molecular weight is 308 g/mol. The third kappa shape index (κ3) is 2.60. The summed E-state index contributed by atoms with van der Waals surface area (Å²) < 4.78 is 1.14. The van der Waals surface area contributed by atoms with Crippen LogP contribution in [0.15, 0.2) is 28.7 Å². The van der Waals surface area contributed by atoms with E-state index in [2.05, 4.69) is 62.0 Å². The van der Waals surface area contributed by atoms with Crippen LogP contribution in [0, 0.1) is 0 Å². The summed E-state index contributed by atoms with van der Waals surface area (Å²) in [6, 6.07) is 8.64. The maximum atomic E-state index is 3.52. The van der Waals surface area contributed by atoms with Crippen molar-refractivity contribution in [2.75, 3.05) is 33.2 Å². The number of halogens is 1. The molecule has 2 aromatic rings. The Kier molecular flexibility index (Phi) is 3.41. The maximum Gasteiger partial charge on any atom is 0.0457 e. The summed E-state index contributed by atoms with van der Waals surface area (Å²) in [4.78, 5) is 8.41. The van der Waals surface area contributed by atoms with E-state index in [1.807, 2.05) is 0 Å². The number of fused-ring (bicyclic) bond motifs is 1. The highest BCUT2D eigenvalue weighted by molar-refractivity contribution is 9.10. The van der Waals surface area contributed by atoms with Gasteiger partial charge in [0.05, 0.1) is 0 Å². The van der Waals surface area contributed by atoms with E-state index >= 15 is 0 Å². The molecule has 1 saturated heterocycles. The molecule has 1 fully saturated rings. The van der Waals surface area contributed by atoms with Crippen molar-refractivity contribution in [3.8, 4) is 0 Å². The lowest BCUT2D eigenvalue weighted by molar-refractivity contribution is 0.147. The summed E-state index contributed by atoms with van der Waals surface area (Å²) >= 11 is 3.52. The molecule has 0 atom stereocenters. The van der Waals surface area contributed by atoms with E-state index in [-0.39, 0.29) is 0 Å². The van der Waals surface area contributed by atoms with Crippen molar-refractivity contribution in [1.29, 1.82) is 0 Å². The van der Waals surface area contributed by atoms with Crippen molar-refractivity contribution in [3.63, 3.8) is 0 Å². The maximum absolute atomic E-state index is 3.52. The Balaban J connectivity index is 1.74. The number of likely N-dealkylation sites (N-methyl/N-ethyl adjacent to an activating group) is 1. The van der Waals surface area contributed by atoms with E-state index < -0.39 is 0 Å². The number of aromatic nitrogens is 1. The quantitative estimate of drug-likeness (QED) is 0.921. The van der Waals surface area contributed by atoms with Gasteiger partial charge in [-0.2, -0.15) is 0 Å². The van der Waals surface area contributed by atoms with Crippen molar-refractivity contribution in [2.24, 2.45) is 0 Å². The Morgan fingerprint density at radius 2 is 1.94 bits per heavy atom. The first-order valence-electron chi connectivity index (χ1n) is 6.39. The lowest BCUT2D eigenvalue weighted by atomic mass is 10.2. The minimum Gasteiger partial charge on any atom is -0.357 e. The van der Waals surface area contributed by atoms with Gasteiger partial charge < -0.3 is 9.88 Å². The first-order chi connectivity index (χ1) is 8.70. The highest BCUT2D eigenvalue weighted by Crippen LogP contribution is 2.21. The number of nitrogens with one attached hydrogen (secondary N) is 1. The molecular formula is C14H18BrN3. The fraction of sp³-hybridized carbons (Fsp3) is 0.429. The second-order valence-electron chi connectivity index (χ2n) is 5.11. The normalized spacial score (nSPS) is 18.6. The number of piperazine rings is 1. The zero-order chi connectivity index (χ0) is 12.5. The zero-order valence-electron chi connectivity index (χ0n) is 10.6. The van der Waals surface area contributed by atoms with Gasteiger partial charge in [0.25, 0.3) is 0 Å². The molecule has 3 nitrogen and oxygen atoms in total. The highest BCUT2D eigenvalue weighted by Gasteiger charge is 2.14. The van der Waals surface area contributed by atoms with Gasteiger partial charge in [0.15, 0.2) is 0 Å². The van der Waals surface area contributed by atoms with Gasteiger partial charge in [0.2, 0.25) is 0 Å². The predicted molar refractivity (Wildman–Crippen MR) is 78.8 cm³/mol. The number of H-pyrrole nitrogens is 1. The number of aromatic amines is 1. The molecule has 4 heteroatoms. The minimum atomic E-state index is 1.03. The Morgan fingerprint density at radius 3 is 2.72 bits per heavy atom. The van der Waals surface area contributed by atoms with Crippen LogP contribution in [-0.4, -0.2) is 48.0 Å². The lowest BCUT2D eigenvalue weighted by Crippen LogP contribution is -2.43. The molecule has 1 N–H and O–H groups in total. The van der Waals surface area contributed by atoms with Gasteiger partial charge in [0.1, 0.15) is 0 Å². The van der Waals surface area contributed by atoms with Crippen LogP contribution in [0.1, 0.15) is 5.69 Å². The van der Waals surface area contributed by atoms with E-state index in [1.165, 1.54) is 29.7 Å². The molecule has 1 aromatic heterocycles. The Hall–Kier alpha value is -0.840. The fourth-order valence-electron chi connectivity index (χ4n) is 2.50. The Bertz CT molecular complexity index is 541. The van der Waals surface area contributed by atoms with Crippen LogP contribution in [0.2, 0.25) is 0 Å². The van der Waals surface area contributed by atoms with Gasteiger partial charge in [0, 0.05) is 53.8 Å². The third-order valence-corrected chi connectivity index (χ3v) is 4.12. The van der Waals surface area contributed by atoms with Crippen LogP contribution in [-0.2, 0) is 6.54 Å². The van der Waals surface area contributed by atoms with Gasteiger partial charge >= 0.3 is 0 Å². The molecular weight excluding hydrogens is 290 g/mol. The molecule has 96 valence electrons. The largest absolute Gasteiger partial charge is 0.357 e. The van der Waals surface area contributed by atoms with Crippen LogP contribution in [0.4, 0.5) is 0 Å². The average Bonchev–Trinajstić information content (AvgIpc) is 2.73. The second-order valence-corrected chi connectivity index (χ2v) is 6.02. The van der Waals surface area contributed by atoms with E-state index in [4.69, 9.17) is 0 Å². The monoisotopic (exact) mass is 307 g/mol. The number of benzene rings is 1. The smallest absolute Gasteiger partial charge is 0.0457 e. The topological polar surface area (TPSA) is 22.3 Å². The van der Waals surface area contributed by atoms with Gasteiger partial charge in [-0.05, 0) is 31.3 Å². The van der Waals surface area contributed by atoms with Crippen LogP contribution < -0.4 is 0 Å². The number of hydrogen-bond acceptors (Lipinski definition) is 2. The molecule has 0 saturated carbocycles. The van der Waals surface area contributed by atoms with Gasteiger partial charge in [-0.15, -0.1) is 0 Å². The summed E-state index contributed by atoms with van der Waals surface area (Å²) in [5, 5.41) is 1.29. The first-order valence-corrected chi connectivity index (χ1v) is 7.18. The molecule has 1 aromatic carbocycles. The van der Waals surface area contributed by atoms with Crippen molar-refractivity contribution < 1.29 is 0 Å². The van der Waals surface area contributed by atoms with Crippen molar-refractivity contribution in [3.05, 3.63) is 34.4 Å². The van der Waals surface area contributed by atoms with Crippen LogP contribution in [0.5, 0.6) is 0 Å². The minimum absolute atomic E-state index is 1.03. The van der Waals surface area contributed by atoms with Crippen molar-refractivity contribution >= 4 is 26.8 Å². The lowest BCUT2D eigenvalue weighted by Gasteiger charge is -2.31. The van der Waals surface area contributed by atoms with Crippen LogP contribution in [0.25, 0.3) is 10.9 Å². The number of nitrogens with zero attached hydrogens (tertiary/aromatic N) is 2. The summed E-state index contributed by atoms with van der Waals surface area (Å²) in [6.07, 6.45) is 0.